The van der Waals surface area contributed by atoms with E-state index in [0.717, 1.165) is 0 Å². The molecule has 152 valence electrons. The van der Waals surface area contributed by atoms with Crippen LogP contribution in [0, 0.1) is 5.82 Å². The van der Waals surface area contributed by atoms with Crippen LogP contribution in [0.15, 0.2) is 59.8 Å². The largest absolute Gasteiger partial charge is 0.395 e. The Morgan fingerprint density at radius 1 is 1.10 bits per heavy atom. The molecule has 0 aliphatic rings. The number of anilines is 1. The van der Waals surface area contributed by atoms with Crippen LogP contribution in [0.3, 0.4) is 0 Å². The molecule has 0 saturated carbocycles. The Labute approximate surface area is 168 Å². The van der Waals surface area contributed by atoms with Crippen molar-refractivity contribution in [3.05, 3.63) is 60.7 Å². The van der Waals surface area contributed by atoms with Gasteiger partial charge in [-0.05, 0) is 24.1 Å². The van der Waals surface area contributed by atoms with Gasteiger partial charge in [0.05, 0.1) is 11.5 Å². The minimum absolute atomic E-state index is 0.00914. The average Bonchev–Trinajstić information content (AvgIpc) is 2.73. The highest BCUT2D eigenvalue weighted by molar-refractivity contribution is 7.89. The third kappa shape index (κ3) is 4.58. The molecule has 0 saturated heterocycles. The minimum atomic E-state index is -3.91. The molecule has 2 aromatic carbocycles. The van der Waals surface area contributed by atoms with Crippen molar-refractivity contribution in [1.82, 2.24) is 14.7 Å². The number of nitrogen functional groups attached to an aromatic ring is 1. The van der Waals surface area contributed by atoms with E-state index >= 15 is 0 Å². The maximum absolute atomic E-state index is 14.8. The lowest BCUT2D eigenvalue weighted by Crippen LogP contribution is -2.37. The molecule has 1 unspecified atom stereocenters. The van der Waals surface area contributed by atoms with Crippen molar-refractivity contribution in [3.63, 3.8) is 0 Å². The smallest absolute Gasteiger partial charge is 0.241 e. The van der Waals surface area contributed by atoms with Gasteiger partial charge in [-0.25, -0.2) is 27.5 Å². The van der Waals surface area contributed by atoms with E-state index in [1.165, 1.54) is 24.5 Å². The molecule has 9 heteroatoms. The molecule has 3 aromatic rings. The van der Waals surface area contributed by atoms with E-state index in [9.17, 15) is 17.9 Å². The number of nitrogens with two attached hydrogens (primary N) is 1. The third-order valence-corrected chi connectivity index (χ3v) is 6.05. The summed E-state index contributed by atoms with van der Waals surface area (Å²) in [6, 6.07) is 10.2. The Balaban J connectivity index is 2.02. The lowest BCUT2D eigenvalue weighted by atomic mass is 10.0. The average molecular weight is 416 g/mol. The number of nitrogens with zero attached hydrogens (tertiary/aromatic N) is 2. The Kier molecular flexibility index (Phi) is 6.21. The zero-order chi connectivity index (χ0) is 21.0. The van der Waals surface area contributed by atoms with Gasteiger partial charge in [0.15, 0.2) is 0 Å². The van der Waals surface area contributed by atoms with Crippen LogP contribution < -0.4 is 10.5 Å². The first-order valence-corrected chi connectivity index (χ1v) is 10.4. The van der Waals surface area contributed by atoms with Crippen molar-refractivity contribution in [2.75, 3.05) is 12.3 Å². The zero-order valence-corrected chi connectivity index (χ0v) is 16.5. The molecule has 0 fully saturated rings. The van der Waals surface area contributed by atoms with Gasteiger partial charge in [-0.15, -0.1) is 0 Å². The molecule has 3 rings (SSSR count). The predicted octanol–water partition coefficient (Wildman–Crippen LogP) is 2.58. The number of aliphatic hydroxyl groups excluding tert-OH is 1. The number of rotatable bonds is 7. The van der Waals surface area contributed by atoms with Gasteiger partial charge in [0.2, 0.25) is 16.0 Å². The van der Waals surface area contributed by atoms with E-state index in [1.54, 1.807) is 37.3 Å². The Bertz CT molecular complexity index is 1100. The fourth-order valence-electron chi connectivity index (χ4n) is 2.87. The van der Waals surface area contributed by atoms with Gasteiger partial charge in [0, 0.05) is 35.1 Å². The molecule has 1 aromatic heterocycles. The number of benzene rings is 2. The summed E-state index contributed by atoms with van der Waals surface area (Å²) in [6.07, 6.45) is 3.27. The van der Waals surface area contributed by atoms with Crippen molar-refractivity contribution in [1.29, 1.82) is 0 Å². The molecule has 29 heavy (non-hydrogen) atoms. The topological polar surface area (TPSA) is 118 Å². The van der Waals surface area contributed by atoms with Gasteiger partial charge < -0.3 is 10.8 Å². The summed E-state index contributed by atoms with van der Waals surface area (Å²) in [7, 11) is -3.91. The summed E-state index contributed by atoms with van der Waals surface area (Å²) in [5, 5.41) is 9.32. The number of nitrogens with one attached hydrogen (secondary N) is 1. The van der Waals surface area contributed by atoms with E-state index < -0.39 is 21.9 Å². The normalized spacial score (nSPS) is 12.7. The van der Waals surface area contributed by atoms with Crippen LogP contribution >= 0.6 is 0 Å². The third-order valence-electron chi connectivity index (χ3n) is 4.47. The number of sulfonamides is 1. The molecule has 0 spiro atoms. The van der Waals surface area contributed by atoms with Crippen LogP contribution in [0.2, 0.25) is 0 Å². The molecular formula is C20H21FN4O3S. The van der Waals surface area contributed by atoms with Gasteiger partial charge in [0.25, 0.3) is 0 Å². The second-order valence-corrected chi connectivity index (χ2v) is 8.11. The maximum atomic E-state index is 14.8. The molecule has 4 N–H and O–H groups in total. The fraction of sp³-hybridized carbons (Fsp3) is 0.200. The second-order valence-electron chi connectivity index (χ2n) is 6.43. The Morgan fingerprint density at radius 2 is 1.79 bits per heavy atom. The first-order chi connectivity index (χ1) is 13.9. The van der Waals surface area contributed by atoms with Crippen LogP contribution in [0.4, 0.5) is 10.3 Å². The molecule has 7 nitrogen and oxygen atoms in total. The van der Waals surface area contributed by atoms with Crippen molar-refractivity contribution in [3.8, 4) is 22.3 Å². The predicted molar refractivity (Wildman–Crippen MR) is 109 cm³/mol. The molecule has 1 heterocycles. The number of hydrogen-bond donors (Lipinski definition) is 3. The summed E-state index contributed by atoms with van der Waals surface area (Å²) < 4.78 is 42.9. The lowest BCUT2D eigenvalue weighted by molar-refractivity contribution is 0.254. The van der Waals surface area contributed by atoms with E-state index in [1.807, 2.05) is 0 Å². The SMILES string of the molecule is CCC(CO)NS(=O)(=O)c1ccccc1-c1ccc(-c2cnc(N)nc2)c(F)c1. The number of halogens is 1. The molecule has 0 radical (unpaired) electrons. The van der Waals surface area contributed by atoms with Crippen LogP contribution in [-0.2, 0) is 10.0 Å². The van der Waals surface area contributed by atoms with Gasteiger partial charge in [-0.2, -0.15) is 0 Å². The maximum Gasteiger partial charge on any atom is 0.241 e. The van der Waals surface area contributed by atoms with Gasteiger partial charge in [-0.1, -0.05) is 37.3 Å². The number of aliphatic hydroxyl groups is 1. The summed E-state index contributed by atoms with van der Waals surface area (Å²) in [4.78, 5) is 7.73. The van der Waals surface area contributed by atoms with E-state index in [4.69, 9.17) is 5.73 Å². The Morgan fingerprint density at radius 3 is 2.41 bits per heavy atom. The number of hydrogen-bond acceptors (Lipinski definition) is 6. The first kappa shape index (κ1) is 20.8. The summed E-state index contributed by atoms with van der Waals surface area (Å²) >= 11 is 0. The van der Waals surface area contributed by atoms with Crippen LogP contribution in [-0.4, -0.2) is 36.1 Å². The van der Waals surface area contributed by atoms with Crippen molar-refractivity contribution < 1.29 is 17.9 Å². The van der Waals surface area contributed by atoms with Crippen molar-refractivity contribution >= 4 is 16.0 Å². The fourth-order valence-corrected chi connectivity index (χ4v) is 4.41. The van der Waals surface area contributed by atoms with E-state index in [2.05, 4.69) is 14.7 Å². The van der Waals surface area contributed by atoms with E-state index in [0.29, 0.717) is 23.1 Å². The van der Waals surface area contributed by atoms with Gasteiger partial charge >= 0.3 is 0 Å². The molecule has 0 bridgehead atoms. The highest BCUT2D eigenvalue weighted by Crippen LogP contribution is 2.31. The summed E-state index contributed by atoms with van der Waals surface area (Å²) in [5.74, 6) is -0.455. The quantitative estimate of drug-likeness (QED) is 0.545. The van der Waals surface area contributed by atoms with Crippen LogP contribution in [0.1, 0.15) is 13.3 Å². The van der Waals surface area contributed by atoms with Gasteiger partial charge in [-0.3, -0.25) is 0 Å². The molecule has 0 aliphatic carbocycles. The van der Waals surface area contributed by atoms with Crippen molar-refractivity contribution in [2.45, 2.75) is 24.3 Å². The lowest BCUT2D eigenvalue weighted by Gasteiger charge is -2.17. The monoisotopic (exact) mass is 416 g/mol. The number of aromatic nitrogens is 2. The molecular weight excluding hydrogens is 395 g/mol. The zero-order valence-electron chi connectivity index (χ0n) is 15.7. The molecule has 0 amide bonds. The van der Waals surface area contributed by atoms with E-state index in [-0.39, 0.29) is 23.0 Å². The Hall–Kier alpha value is -2.88. The highest BCUT2D eigenvalue weighted by atomic mass is 32.2. The van der Waals surface area contributed by atoms with Gasteiger partial charge in [0.1, 0.15) is 5.82 Å². The minimum Gasteiger partial charge on any atom is -0.395 e. The molecule has 1 atom stereocenters. The second kappa shape index (κ2) is 8.64. The van der Waals surface area contributed by atoms with Crippen LogP contribution in [0.5, 0.6) is 0 Å². The summed E-state index contributed by atoms with van der Waals surface area (Å²) in [6.45, 7) is 1.45. The highest BCUT2D eigenvalue weighted by Gasteiger charge is 2.22. The van der Waals surface area contributed by atoms with Crippen LogP contribution in [0.25, 0.3) is 22.3 Å². The standard InChI is InChI=1S/C20H21FN4O3S/c1-2-15(12-26)25-29(27,28)19-6-4-3-5-17(19)13-7-8-16(18(21)9-13)14-10-23-20(22)24-11-14/h3-11,15,25-26H,2,12H2,1H3,(H2,22,23,24). The summed E-state index contributed by atoms with van der Waals surface area (Å²) in [5.41, 5.74) is 6.95. The first-order valence-electron chi connectivity index (χ1n) is 8.95. The molecule has 0 aliphatic heterocycles. The van der Waals surface area contributed by atoms with Crippen molar-refractivity contribution in [2.24, 2.45) is 0 Å².